The van der Waals surface area contributed by atoms with Gasteiger partial charge in [0, 0.05) is 54.3 Å². The van der Waals surface area contributed by atoms with Gasteiger partial charge >= 0.3 is 58.1 Å². The summed E-state index contributed by atoms with van der Waals surface area (Å²) in [7, 11) is -2.38. The van der Waals surface area contributed by atoms with Gasteiger partial charge in [-0.2, -0.15) is 0 Å². The third-order valence-electron chi connectivity index (χ3n) is 8.52. The van der Waals surface area contributed by atoms with E-state index in [0.717, 1.165) is 24.7 Å². The summed E-state index contributed by atoms with van der Waals surface area (Å²) >= 11 is 6.79. The number of sulfonamides is 1. The van der Waals surface area contributed by atoms with Gasteiger partial charge in [-0.05, 0) is 66.8 Å². The van der Waals surface area contributed by atoms with Gasteiger partial charge in [0.15, 0.2) is 0 Å². The van der Waals surface area contributed by atoms with Crippen molar-refractivity contribution in [2.45, 2.75) is 25.7 Å². The van der Waals surface area contributed by atoms with Gasteiger partial charge in [0.05, 0.1) is 23.2 Å². The molecule has 9 nitrogen and oxygen atoms in total. The summed E-state index contributed by atoms with van der Waals surface area (Å²) in [5, 5.41) is 3.44. The van der Waals surface area contributed by atoms with Crippen LogP contribution in [-0.4, -0.2) is 54.2 Å². The summed E-state index contributed by atoms with van der Waals surface area (Å²) in [6.45, 7) is 1.16. The second-order valence-corrected chi connectivity index (χ2v) is 14.4. The third kappa shape index (κ3) is 5.94. The number of benzene rings is 3. The van der Waals surface area contributed by atoms with E-state index in [0.29, 0.717) is 58.8 Å². The van der Waals surface area contributed by atoms with Crippen molar-refractivity contribution in [2.75, 3.05) is 37.4 Å². The van der Waals surface area contributed by atoms with Crippen molar-refractivity contribution >= 4 is 62.1 Å². The molecule has 3 aromatic carbocycles. The average Bonchev–Trinajstić information content (AvgIpc) is 3.77. The number of rotatable bonds is 7. The van der Waals surface area contributed by atoms with Crippen LogP contribution < -0.4 is 66.5 Å². The fourth-order valence-corrected chi connectivity index (χ4v) is 7.43. The van der Waals surface area contributed by atoms with Crippen LogP contribution in [0.5, 0.6) is 0 Å². The molecule has 0 radical (unpaired) electrons. The Labute approximate surface area is 308 Å². The number of hydrogen-bond acceptors (Lipinski definition) is 7. The smallest absolute Gasteiger partial charge is 0.540 e. The Balaban J connectivity index is 0.00000357. The minimum Gasteiger partial charge on any atom is -0.540 e. The second kappa shape index (κ2) is 12.0. The number of nitrogens with zero attached hydrogens (tertiary/aromatic N) is 1. The van der Waals surface area contributed by atoms with E-state index in [-0.39, 0.29) is 79.4 Å². The molecule has 1 amide bonds. The van der Waals surface area contributed by atoms with Gasteiger partial charge in [-0.3, -0.25) is 4.79 Å². The van der Waals surface area contributed by atoms with Crippen LogP contribution >= 0.6 is 11.6 Å². The minimum atomic E-state index is -3.90. The van der Waals surface area contributed by atoms with Crippen molar-refractivity contribution in [3.05, 3.63) is 76.6 Å². The number of furan rings is 1. The predicted octanol–water partition coefficient (Wildman–Crippen LogP) is 2.46. The number of carbonyl (C=O) groups excluding carboxylic acids is 1. The van der Waals surface area contributed by atoms with Gasteiger partial charge < -0.3 is 23.7 Å². The maximum absolute atomic E-state index is 13.7. The van der Waals surface area contributed by atoms with Crippen LogP contribution in [0.4, 0.5) is 15.8 Å². The number of anilines is 2. The molecule has 3 aliphatic heterocycles. The molecular formula is C31H30BClFKN2O7S. The number of hydrogen-bond donors (Lipinski definition) is 1. The number of amides is 1. The van der Waals surface area contributed by atoms with Crippen LogP contribution in [0.15, 0.2) is 59.0 Å². The molecule has 0 atom stereocenters. The molecule has 4 fully saturated rings. The second-order valence-electron chi connectivity index (χ2n) is 12.2. The zero-order valence-electron chi connectivity index (χ0n) is 25.4. The third-order valence-corrected chi connectivity index (χ3v) is 9.92. The summed E-state index contributed by atoms with van der Waals surface area (Å²) < 4.78 is 66.2. The van der Waals surface area contributed by atoms with Crippen LogP contribution in [0.3, 0.4) is 0 Å². The van der Waals surface area contributed by atoms with Gasteiger partial charge in [0.25, 0.3) is 5.91 Å². The maximum atomic E-state index is 13.7. The van der Waals surface area contributed by atoms with Crippen molar-refractivity contribution in [2.24, 2.45) is 5.41 Å². The van der Waals surface area contributed by atoms with E-state index < -0.39 is 22.6 Å². The van der Waals surface area contributed by atoms with Gasteiger partial charge in [-0.25, -0.2) is 17.1 Å². The van der Waals surface area contributed by atoms with Gasteiger partial charge in [0.1, 0.15) is 17.2 Å². The van der Waals surface area contributed by atoms with E-state index in [1.807, 2.05) is 13.0 Å². The van der Waals surface area contributed by atoms with Gasteiger partial charge in [0.2, 0.25) is 10.0 Å². The molecule has 1 N–H and O–H groups in total. The van der Waals surface area contributed by atoms with Crippen LogP contribution in [0, 0.1) is 11.2 Å². The van der Waals surface area contributed by atoms with E-state index in [2.05, 4.69) is 5.32 Å². The number of nitrogens with one attached hydrogen (secondary N) is 1. The predicted molar refractivity (Wildman–Crippen MR) is 167 cm³/mol. The molecule has 1 aliphatic carbocycles. The molecule has 4 heterocycles. The summed E-state index contributed by atoms with van der Waals surface area (Å²) in [6.07, 6.45) is 2.85. The Morgan fingerprint density at radius 1 is 1.04 bits per heavy atom. The van der Waals surface area contributed by atoms with Crippen LogP contribution in [-0.2, 0) is 24.0 Å². The minimum absolute atomic E-state index is 0. The summed E-state index contributed by atoms with van der Waals surface area (Å²) in [4.78, 5) is 13.1. The average molecular weight is 679 g/mol. The Morgan fingerprint density at radius 2 is 1.69 bits per heavy atom. The van der Waals surface area contributed by atoms with Gasteiger partial charge in [-0.1, -0.05) is 24.6 Å². The molecule has 1 saturated carbocycles. The van der Waals surface area contributed by atoms with Crippen LogP contribution in [0.25, 0.3) is 22.3 Å². The van der Waals surface area contributed by atoms with Crippen LogP contribution in [0.1, 0.15) is 41.6 Å². The Kier molecular flexibility index (Phi) is 8.86. The zero-order valence-corrected chi connectivity index (χ0v) is 30.1. The van der Waals surface area contributed by atoms with Crippen molar-refractivity contribution < 1.29 is 87.4 Å². The van der Waals surface area contributed by atoms with E-state index in [1.54, 1.807) is 24.3 Å². The monoisotopic (exact) mass is 678 g/mol. The molecule has 8 rings (SSSR count). The summed E-state index contributed by atoms with van der Waals surface area (Å²) in [5.41, 5.74) is 2.86. The standard InChI is InChI=1S/C31H30BClFN2O7S.K/c1-31-15-40-32(41-16-31,42-17-31)24-11-10-21(12-25(24)33)36(44(3,38)39)26-14-27-23(13-22(26)18-4-5-18)28(30(37)35-2)29(43-27)19-6-8-20(34)9-7-19;/h6-14,18H,4-5,15-17H2,1-3H3,(H,35,37);/q-1;+1. The molecule has 230 valence electrons. The number of fused-ring (bicyclic) bond motifs is 4. The van der Waals surface area contributed by atoms with Crippen molar-refractivity contribution in [1.82, 2.24) is 5.32 Å². The molecule has 45 heavy (non-hydrogen) atoms. The first-order valence-corrected chi connectivity index (χ1v) is 16.6. The summed E-state index contributed by atoms with van der Waals surface area (Å²) in [6, 6.07) is 14.0. The molecule has 0 spiro atoms. The Hall–Kier alpha value is -1.78. The molecule has 1 aromatic heterocycles. The topological polar surface area (TPSA) is 107 Å². The largest absolute Gasteiger partial charge is 1.00 e. The van der Waals surface area contributed by atoms with Crippen molar-refractivity contribution in [3.63, 3.8) is 0 Å². The maximum Gasteiger partial charge on any atom is 1.00 e. The molecule has 4 aliphatic rings. The molecular weight excluding hydrogens is 649 g/mol. The first-order valence-electron chi connectivity index (χ1n) is 14.4. The fraction of sp³-hybridized carbons (Fsp3) is 0.323. The molecule has 2 bridgehead atoms. The van der Waals surface area contributed by atoms with Gasteiger partial charge in [-0.15, -0.1) is 5.46 Å². The van der Waals surface area contributed by atoms with E-state index in [9.17, 15) is 17.6 Å². The Morgan fingerprint density at radius 3 is 2.24 bits per heavy atom. The fourth-order valence-electron chi connectivity index (χ4n) is 6.11. The molecule has 4 aromatic rings. The first-order chi connectivity index (χ1) is 20.9. The Bertz CT molecular complexity index is 1910. The van der Waals surface area contributed by atoms with E-state index >= 15 is 0 Å². The zero-order chi connectivity index (χ0) is 31.0. The number of carbonyl (C=O) groups is 1. The van der Waals surface area contributed by atoms with Crippen molar-refractivity contribution in [3.8, 4) is 11.3 Å². The molecule has 14 heteroatoms. The quantitative estimate of drug-likeness (QED) is 0.300. The SMILES string of the molecule is CNC(=O)c1c(-c2ccc(F)cc2)oc2cc(N(c3ccc([B-]45OCC(C)(CO4)CO5)c(Cl)c3)S(C)(=O)=O)c(C3CC3)cc12.[K+]. The number of halogens is 2. The summed E-state index contributed by atoms with van der Waals surface area (Å²) in [5.74, 6) is -0.451. The van der Waals surface area contributed by atoms with E-state index in [1.165, 1.54) is 35.6 Å². The van der Waals surface area contributed by atoms with E-state index in [4.69, 9.17) is 30.0 Å². The molecule has 3 saturated heterocycles. The first kappa shape index (κ1) is 33.1. The van der Waals surface area contributed by atoms with Crippen LogP contribution in [0.2, 0.25) is 5.02 Å². The van der Waals surface area contributed by atoms with Crippen molar-refractivity contribution in [1.29, 1.82) is 0 Å². The molecule has 0 unspecified atom stereocenters. The normalized spacial score (nSPS) is 22.7.